The Hall–Kier alpha value is -5.42. The predicted octanol–water partition coefficient (Wildman–Crippen LogP) is 5.74. The van der Waals surface area contributed by atoms with Crippen molar-refractivity contribution < 1.29 is 23.6 Å². The first kappa shape index (κ1) is 26.8. The van der Waals surface area contributed by atoms with Crippen molar-refractivity contribution in [3.8, 4) is 39.9 Å². The molecule has 0 amide bonds. The molecule has 13 heteroatoms. The molecule has 6 aromatic rings. The van der Waals surface area contributed by atoms with Gasteiger partial charge in [-0.25, -0.2) is 19.5 Å². The first-order valence-corrected chi connectivity index (χ1v) is 14.1. The molecule has 0 bridgehead atoms. The fourth-order valence-corrected chi connectivity index (χ4v) is 4.68. The fourth-order valence-electron chi connectivity index (χ4n) is 4.29. The van der Waals surface area contributed by atoms with E-state index in [1.807, 2.05) is 42.5 Å². The quantitative estimate of drug-likeness (QED) is 0.161. The summed E-state index contributed by atoms with van der Waals surface area (Å²) in [5, 5.41) is 13.7. The fraction of sp³-hybridized carbons (Fsp3) is 0. The van der Waals surface area contributed by atoms with Gasteiger partial charge in [-0.05, 0) is 54.6 Å². The van der Waals surface area contributed by atoms with E-state index in [1.54, 1.807) is 48.8 Å². The van der Waals surface area contributed by atoms with Crippen molar-refractivity contribution >= 4 is 36.0 Å². The van der Waals surface area contributed by atoms with Gasteiger partial charge in [-0.3, -0.25) is 9.79 Å². The molecule has 3 aromatic heterocycles. The number of anilines is 3. The number of nitrogens with zero attached hydrogens (tertiary/aromatic N) is 5. The van der Waals surface area contributed by atoms with E-state index in [2.05, 4.69) is 30.5 Å². The number of hydrogen-bond donors (Lipinski definition) is 4. The molecule has 42 heavy (non-hydrogen) atoms. The van der Waals surface area contributed by atoms with Crippen LogP contribution in [0, 0.1) is 0 Å². The number of fused-ring (bicyclic) bond motifs is 1. The second-order valence-corrected chi connectivity index (χ2v) is 10.1. The predicted molar refractivity (Wildman–Crippen MR) is 157 cm³/mol. The summed E-state index contributed by atoms with van der Waals surface area (Å²) in [6.45, 7) is 0. The first-order valence-electron chi connectivity index (χ1n) is 12.5. The average Bonchev–Trinajstić information content (AvgIpc) is 2.98. The summed E-state index contributed by atoms with van der Waals surface area (Å²) < 4.78 is 22.1. The lowest BCUT2D eigenvalue weighted by Gasteiger charge is -2.13. The molecule has 3 heterocycles. The monoisotopic (exact) mass is 579 g/mol. The minimum absolute atomic E-state index is 0.0234. The standard InChI is InChI=1S/C29H22N7O5P/c30-29-32-16-14-25(34-29)24-9-4-15-31-28(24)40-20-12-10-19(11-13-20)33-27-23-8-2-1-7-22(23)26(35-36-27)18-5-3-6-21(17-18)41-42(37,38)39/h1-17H,(H,33,36)(H2,30,32,34)(H2,37,38,39). The number of phosphoric ester groups is 1. The van der Waals surface area contributed by atoms with Crippen molar-refractivity contribution in [3.05, 3.63) is 103 Å². The maximum Gasteiger partial charge on any atom is 0.524 e. The molecule has 0 aliphatic heterocycles. The van der Waals surface area contributed by atoms with Crippen molar-refractivity contribution in [2.45, 2.75) is 0 Å². The van der Waals surface area contributed by atoms with E-state index in [9.17, 15) is 14.4 Å². The van der Waals surface area contributed by atoms with Crippen LogP contribution in [0.1, 0.15) is 0 Å². The molecule has 0 saturated heterocycles. The maximum absolute atomic E-state index is 11.3. The van der Waals surface area contributed by atoms with Gasteiger partial charge in [0.15, 0.2) is 5.82 Å². The molecule has 0 saturated carbocycles. The molecule has 3 aromatic carbocycles. The van der Waals surface area contributed by atoms with Crippen molar-refractivity contribution in [1.82, 2.24) is 25.1 Å². The van der Waals surface area contributed by atoms with E-state index in [0.717, 1.165) is 16.5 Å². The highest BCUT2D eigenvalue weighted by Gasteiger charge is 2.18. The average molecular weight is 580 g/mol. The third-order valence-corrected chi connectivity index (χ3v) is 6.52. The summed E-state index contributed by atoms with van der Waals surface area (Å²) in [5.74, 6) is 1.64. The smallest absolute Gasteiger partial charge is 0.438 e. The number of nitrogens with two attached hydrogens (primary N) is 1. The molecule has 0 fully saturated rings. The third-order valence-electron chi connectivity index (χ3n) is 6.07. The van der Waals surface area contributed by atoms with Crippen LogP contribution in [0.3, 0.4) is 0 Å². The Morgan fingerprint density at radius 2 is 1.60 bits per heavy atom. The van der Waals surface area contributed by atoms with Gasteiger partial charge in [0, 0.05) is 34.4 Å². The molecule has 0 unspecified atom stereocenters. The molecule has 0 radical (unpaired) electrons. The van der Waals surface area contributed by atoms with Gasteiger partial charge in [0.25, 0.3) is 0 Å². The molecule has 5 N–H and O–H groups in total. The van der Waals surface area contributed by atoms with Gasteiger partial charge in [-0.1, -0.05) is 36.4 Å². The van der Waals surface area contributed by atoms with Gasteiger partial charge < -0.3 is 20.3 Å². The zero-order chi connectivity index (χ0) is 29.1. The van der Waals surface area contributed by atoms with E-state index in [1.165, 1.54) is 12.1 Å². The van der Waals surface area contributed by atoms with Crippen molar-refractivity contribution in [3.63, 3.8) is 0 Å². The highest BCUT2D eigenvalue weighted by atomic mass is 31.2. The van der Waals surface area contributed by atoms with Crippen LogP contribution >= 0.6 is 7.82 Å². The summed E-state index contributed by atoms with van der Waals surface area (Å²) in [6, 6.07) is 26.6. The summed E-state index contributed by atoms with van der Waals surface area (Å²) in [7, 11) is -4.70. The highest BCUT2D eigenvalue weighted by Crippen LogP contribution is 2.39. The normalized spacial score (nSPS) is 11.3. The number of ether oxygens (including phenoxy) is 1. The number of hydrogen-bond acceptors (Lipinski definition) is 10. The molecular formula is C29H22N7O5P. The molecule has 0 spiro atoms. The zero-order valence-electron chi connectivity index (χ0n) is 21.7. The lowest BCUT2D eigenvalue weighted by Crippen LogP contribution is -2.00. The van der Waals surface area contributed by atoms with Crippen LogP contribution in [0.4, 0.5) is 17.5 Å². The van der Waals surface area contributed by atoms with Crippen LogP contribution in [0.25, 0.3) is 33.3 Å². The van der Waals surface area contributed by atoms with Crippen LogP contribution < -0.4 is 20.3 Å². The number of pyridine rings is 1. The Kier molecular flexibility index (Phi) is 7.16. The number of phosphoric acid groups is 1. The Morgan fingerprint density at radius 1 is 0.786 bits per heavy atom. The highest BCUT2D eigenvalue weighted by molar-refractivity contribution is 7.46. The summed E-state index contributed by atoms with van der Waals surface area (Å²) in [5.41, 5.74) is 8.89. The van der Waals surface area contributed by atoms with Gasteiger partial charge in [0.1, 0.15) is 17.2 Å². The van der Waals surface area contributed by atoms with Gasteiger partial charge >= 0.3 is 7.82 Å². The molecule has 12 nitrogen and oxygen atoms in total. The topological polar surface area (TPSA) is 178 Å². The molecule has 208 valence electrons. The molecule has 6 rings (SSSR count). The van der Waals surface area contributed by atoms with Crippen molar-refractivity contribution in [1.29, 1.82) is 0 Å². The summed E-state index contributed by atoms with van der Waals surface area (Å²) in [4.78, 5) is 30.9. The second-order valence-electron chi connectivity index (χ2n) is 8.96. The van der Waals surface area contributed by atoms with E-state index >= 15 is 0 Å². The van der Waals surface area contributed by atoms with Gasteiger partial charge in [-0.15, -0.1) is 10.2 Å². The van der Waals surface area contributed by atoms with Gasteiger partial charge in [0.05, 0.1) is 11.3 Å². The maximum atomic E-state index is 11.3. The van der Waals surface area contributed by atoms with Crippen molar-refractivity contribution in [2.24, 2.45) is 0 Å². The number of nitrogens with one attached hydrogen (secondary N) is 1. The van der Waals surface area contributed by atoms with E-state index < -0.39 is 7.82 Å². The van der Waals surface area contributed by atoms with Crippen LogP contribution in [0.5, 0.6) is 17.4 Å². The van der Waals surface area contributed by atoms with Gasteiger partial charge in [0.2, 0.25) is 11.8 Å². The van der Waals surface area contributed by atoms with Crippen molar-refractivity contribution in [2.75, 3.05) is 11.1 Å². The minimum atomic E-state index is -4.70. The number of aromatic nitrogens is 5. The zero-order valence-corrected chi connectivity index (χ0v) is 22.6. The molecular weight excluding hydrogens is 557 g/mol. The Balaban J connectivity index is 1.25. The summed E-state index contributed by atoms with van der Waals surface area (Å²) in [6.07, 6.45) is 3.21. The lowest BCUT2D eigenvalue weighted by molar-refractivity contribution is 0.283. The van der Waals surface area contributed by atoms with E-state index in [4.69, 9.17) is 15.0 Å². The Bertz CT molecular complexity index is 1950. The largest absolute Gasteiger partial charge is 0.524 e. The SMILES string of the molecule is Nc1nccc(-c2cccnc2Oc2ccc(Nc3nnc(-c4cccc(OP(=O)(O)O)c4)c4ccccc34)cc2)n1. The molecule has 0 aliphatic rings. The minimum Gasteiger partial charge on any atom is -0.438 e. The van der Waals surface area contributed by atoms with Crippen LogP contribution in [-0.2, 0) is 4.57 Å². The van der Waals surface area contributed by atoms with Gasteiger partial charge in [-0.2, -0.15) is 0 Å². The Labute approximate surface area is 239 Å². The molecule has 0 atom stereocenters. The van der Waals surface area contributed by atoms with Crippen LogP contribution in [0.2, 0.25) is 0 Å². The van der Waals surface area contributed by atoms with Crippen LogP contribution in [-0.4, -0.2) is 34.9 Å². The molecule has 0 aliphatic carbocycles. The number of benzene rings is 3. The number of nitrogen functional groups attached to an aromatic ring is 1. The van der Waals surface area contributed by atoms with E-state index in [0.29, 0.717) is 40.0 Å². The Morgan fingerprint density at radius 3 is 2.38 bits per heavy atom. The van der Waals surface area contributed by atoms with E-state index in [-0.39, 0.29) is 11.7 Å². The lowest BCUT2D eigenvalue weighted by atomic mass is 10.0. The third kappa shape index (κ3) is 6.01. The first-order chi connectivity index (χ1) is 20.3. The van der Waals surface area contributed by atoms with Crippen LogP contribution in [0.15, 0.2) is 103 Å². The second kappa shape index (κ2) is 11.2. The summed E-state index contributed by atoms with van der Waals surface area (Å²) >= 11 is 0. The number of rotatable bonds is 8.